The molecule has 0 saturated carbocycles. The molecule has 3 aromatic carbocycles. The zero-order valence-corrected chi connectivity index (χ0v) is 24.6. The van der Waals surface area contributed by atoms with Gasteiger partial charge in [0, 0.05) is 0 Å². The highest BCUT2D eigenvalue weighted by Crippen LogP contribution is 2.74. The number of rotatable bonds is 12. The van der Waals surface area contributed by atoms with E-state index in [0.29, 0.717) is 24.8 Å². The van der Waals surface area contributed by atoms with Crippen molar-refractivity contribution in [3.8, 4) is 0 Å². The fourth-order valence-electron chi connectivity index (χ4n) is 3.98. The predicted octanol–water partition coefficient (Wildman–Crippen LogP) is 5.36. The van der Waals surface area contributed by atoms with Crippen molar-refractivity contribution in [3.63, 3.8) is 0 Å². The predicted molar refractivity (Wildman–Crippen MR) is 147 cm³/mol. The van der Waals surface area contributed by atoms with Crippen LogP contribution in [0.3, 0.4) is 0 Å². The maximum absolute atomic E-state index is 13.8. The summed E-state index contributed by atoms with van der Waals surface area (Å²) in [6.07, 6.45) is 1.51. The summed E-state index contributed by atoms with van der Waals surface area (Å²) in [4.78, 5) is 32.1. The third-order valence-electron chi connectivity index (χ3n) is 5.69. The zero-order valence-electron chi connectivity index (χ0n) is 21.0. The summed E-state index contributed by atoms with van der Waals surface area (Å²) >= 11 is 0. The molecule has 0 fully saturated rings. The first-order valence-electron chi connectivity index (χ1n) is 11.8. The van der Waals surface area contributed by atoms with Gasteiger partial charge in [-0.25, -0.2) is 17.5 Å². The molecule has 0 heterocycles. The first-order valence-corrected chi connectivity index (χ1v) is 18.0. The summed E-state index contributed by atoms with van der Waals surface area (Å²) in [5.41, 5.74) is 2.21. The second kappa shape index (κ2) is 12.2. The Hall–Kier alpha value is -1.66. The summed E-state index contributed by atoms with van der Waals surface area (Å²) in [7, 11) is -20.9. The second-order valence-electron chi connectivity index (χ2n) is 8.19. The normalized spacial score (nSPS) is 18.1. The third kappa shape index (κ3) is 7.10. The Balaban J connectivity index is 2.12. The molecular weight excluding hydrogens is 572 g/mol. The van der Waals surface area contributed by atoms with Crippen LogP contribution in [0.25, 0.3) is 0 Å². The van der Waals surface area contributed by atoms with Crippen LogP contribution in [0.1, 0.15) is 37.5 Å². The van der Waals surface area contributed by atoms with Gasteiger partial charge in [-0.2, -0.15) is 0 Å². The van der Waals surface area contributed by atoms with E-state index in [1.54, 1.807) is 25.1 Å². The molecule has 0 aliphatic rings. The van der Waals surface area contributed by atoms with E-state index in [-0.39, 0.29) is 15.9 Å². The second-order valence-corrected chi connectivity index (χ2v) is 15.7. The van der Waals surface area contributed by atoms with Crippen molar-refractivity contribution in [2.45, 2.75) is 40.0 Å². The molecule has 10 nitrogen and oxygen atoms in total. The van der Waals surface area contributed by atoms with Gasteiger partial charge < -0.3 is 14.7 Å². The van der Waals surface area contributed by atoms with Crippen molar-refractivity contribution in [2.75, 3.05) is 0 Å². The summed E-state index contributed by atoms with van der Waals surface area (Å²) in [5.74, 6) is 0. The Morgan fingerprint density at radius 2 is 0.974 bits per heavy atom. The van der Waals surface area contributed by atoms with E-state index >= 15 is 0 Å². The number of phosphoric acid groups is 1. The quantitative estimate of drug-likeness (QED) is 0.231. The van der Waals surface area contributed by atoms with Crippen LogP contribution in [0.2, 0.25) is 0 Å². The summed E-state index contributed by atoms with van der Waals surface area (Å²) in [6.45, 7) is 5.57. The molecule has 0 spiro atoms. The fraction of sp³-hybridized carbons (Fsp3) is 0.250. The minimum atomic E-state index is -5.69. The molecule has 38 heavy (non-hydrogen) atoms. The lowest BCUT2D eigenvalue weighted by atomic mass is 9.96. The maximum Gasteiger partial charge on any atom is 0.497 e. The van der Waals surface area contributed by atoms with Crippen molar-refractivity contribution in [2.24, 2.45) is 0 Å². The van der Waals surface area contributed by atoms with Crippen LogP contribution in [-0.4, -0.2) is 14.7 Å². The molecule has 3 N–H and O–H groups in total. The lowest BCUT2D eigenvalue weighted by Gasteiger charge is -2.26. The van der Waals surface area contributed by atoms with Gasteiger partial charge in [0.1, 0.15) is 0 Å². The zero-order chi connectivity index (χ0) is 28.2. The highest BCUT2D eigenvalue weighted by atomic mass is 31.3. The summed E-state index contributed by atoms with van der Waals surface area (Å²) in [5, 5.41) is -0.911. The van der Waals surface area contributed by atoms with Crippen LogP contribution < -0.4 is 15.9 Å². The number of hydrogen-bond donors (Lipinski definition) is 3. The molecular formula is C24H30O10P4. The minimum Gasteiger partial charge on any atom is -0.321 e. The lowest BCUT2D eigenvalue weighted by molar-refractivity contribution is 0.258. The van der Waals surface area contributed by atoms with Gasteiger partial charge in [-0.3, -0.25) is 13.7 Å². The smallest absolute Gasteiger partial charge is 0.321 e. The van der Waals surface area contributed by atoms with Gasteiger partial charge in [0.25, 0.3) is 0 Å². The SMILES string of the molecule is CCc1ccc(P(=O)(O)OP(=O)(OP(=O)(O)c2ccccc2)OP(=O)(O)c2ccccc2)c(CC)c1CC. The van der Waals surface area contributed by atoms with E-state index < -0.39 is 30.6 Å². The fourth-order valence-corrected chi connectivity index (χ4v) is 11.5. The molecule has 0 aliphatic heterocycles. The van der Waals surface area contributed by atoms with Crippen molar-refractivity contribution in [3.05, 3.63) is 89.5 Å². The van der Waals surface area contributed by atoms with Crippen LogP contribution in [0, 0.1) is 0 Å². The summed E-state index contributed by atoms with van der Waals surface area (Å²) in [6, 6.07) is 16.4. The Labute approximate surface area is 221 Å². The van der Waals surface area contributed by atoms with E-state index in [9.17, 15) is 32.9 Å². The van der Waals surface area contributed by atoms with Gasteiger partial charge in [-0.05, 0) is 66.3 Å². The molecule has 3 atom stereocenters. The van der Waals surface area contributed by atoms with E-state index in [1.807, 2.05) is 13.8 Å². The topological polar surface area (TPSA) is 157 Å². The largest absolute Gasteiger partial charge is 0.497 e. The van der Waals surface area contributed by atoms with Gasteiger partial charge >= 0.3 is 30.6 Å². The lowest BCUT2D eigenvalue weighted by Crippen LogP contribution is -2.17. The van der Waals surface area contributed by atoms with Crippen LogP contribution in [0.15, 0.2) is 72.8 Å². The van der Waals surface area contributed by atoms with Gasteiger partial charge in [0.2, 0.25) is 0 Å². The van der Waals surface area contributed by atoms with Crippen molar-refractivity contribution >= 4 is 46.5 Å². The molecule has 3 rings (SSSR count). The number of aryl methyl sites for hydroxylation is 1. The van der Waals surface area contributed by atoms with Crippen LogP contribution in [-0.2, 0) is 50.5 Å². The maximum atomic E-state index is 13.8. The molecule has 0 aliphatic carbocycles. The molecule has 0 aromatic heterocycles. The average molecular weight is 602 g/mol. The number of hydrogen-bond acceptors (Lipinski definition) is 7. The molecule has 3 aromatic rings. The average Bonchev–Trinajstić information content (AvgIpc) is 2.87. The minimum absolute atomic E-state index is 0.221. The third-order valence-corrected chi connectivity index (χ3v) is 13.7. The van der Waals surface area contributed by atoms with Crippen molar-refractivity contribution in [1.29, 1.82) is 0 Å². The van der Waals surface area contributed by atoms with E-state index in [2.05, 4.69) is 0 Å². The first kappa shape index (κ1) is 30.9. The highest BCUT2D eigenvalue weighted by molar-refractivity contribution is 7.78. The van der Waals surface area contributed by atoms with Gasteiger partial charge in [0.15, 0.2) is 0 Å². The van der Waals surface area contributed by atoms with Crippen LogP contribution in [0.4, 0.5) is 0 Å². The summed E-state index contributed by atoms with van der Waals surface area (Å²) < 4.78 is 68.2. The van der Waals surface area contributed by atoms with E-state index in [4.69, 9.17) is 12.9 Å². The standard InChI is InChI=1S/C24H30O10P4/c1-4-19-17-18-24(23(6-3)22(19)5-2)37(29,30)34-38(31,32-35(25,26)20-13-9-7-10-14-20)33-36(27,28)21-15-11-8-12-16-21/h7-18H,4-6H2,1-3H3,(H,25,26)(H,27,28)(H,29,30). The molecule has 206 valence electrons. The van der Waals surface area contributed by atoms with Gasteiger partial charge in [0.05, 0.1) is 15.9 Å². The Morgan fingerprint density at radius 1 is 0.553 bits per heavy atom. The van der Waals surface area contributed by atoms with Crippen molar-refractivity contribution < 1.29 is 45.9 Å². The van der Waals surface area contributed by atoms with Gasteiger partial charge in [-0.15, -0.1) is 0 Å². The molecule has 0 saturated heterocycles. The highest BCUT2D eigenvalue weighted by Gasteiger charge is 2.49. The van der Waals surface area contributed by atoms with Gasteiger partial charge in [-0.1, -0.05) is 63.2 Å². The Morgan fingerprint density at radius 3 is 1.37 bits per heavy atom. The molecule has 14 heteroatoms. The van der Waals surface area contributed by atoms with Crippen LogP contribution in [0.5, 0.6) is 0 Å². The molecule has 0 bridgehead atoms. The molecule has 0 amide bonds. The van der Waals surface area contributed by atoms with Crippen LogP contribution >= 0.6 is 30.6 Å². The molecule has 3 unspecified atom stereocenters. The number of benzene rings is 3. The molecule has 0 radical (unpaired) electrons. The van der Waals surface area contributed by atoms with Crippen molar-refractivity contribution in [1.82, 2.24) is 0 Å². The monoisotopic (exact) mass is 602 g/mol. The Bertz CT molecular complexity index is 1390. The Kier molecular flexibility index (Phi) is 9.95. The van der Waals surface area contributed by atoms with E-state index in [0.717, 1.165) is 11.1 Å². The van der Waals surface area contributed by atoms with E-state index in [1.165, 1.54) is 54.6 Å². The first-order chi connectivity index (χ1) is 17.8.